The van der Waals surface area contributed by atoms with Crippen molar-refractivity contribution in [3.63, 3.8) is 0 Å². The van der Waals surface area contributed by atoms with Crippen LogP contribution in [0.25, 0.3) is 10.9 Å². The van der Waals surface area contributed by atoms with Gasteiger partial charge < -0.3 is 5.32 Å². The van der Waals surface area contributed by atoms with Gasteiger partial charge in [-0.25, -0.2) is 0 Å². The fourth-order valence-electron chi connectivity index (χ4n) is 5.32. The Labute approximate surface area is 178 Å². The quantitative estimate of drug-likeness (QED) is 0.527. The minimum absolute atomic E-state index is 0.120. The molecule has 1 N–H and O–H groups in total. The van der Waals surface area contributed by atoms with Gasteiger partial charge in [0.15, 0.2) is 0 Å². The van der Waals surface area contributed by atoms with E-state index in [9.17, 15) is 14.4 Å². The van der Waals surface area contributed by atoms with E-state index < -0.39 is 0 Å². The molecule has 3 amide bonds. The summed E-state index contributed by atoms with van der Waals surface area (Å²) in [7, 11) is 0. The summed E-state index contributed by atoms with van der Waals surface area (Å²) in [5, 5.41) is 3.84. The highest BCUT2D eigenvalue weighted by Crippen LogP contribution is 2.53. The second kappa shape index (κ2) is 6.60. The van der Waals surface area contributed by atoms with E-state index in [1.165, 1.54) is 4.90 Å². The third-order valence-corrected chi connectivity index (χ3v) is 6.74. The third-order valence-electron chi connectivity index (χ3n) is 6.74. The third kappa shape index (κ3) is 2.64. The van der Waals surface area contributed by atoms with Crippen molar-refractivity contribution in [2.45, 2.75) is 6.42 Å². The number of nitrogens with zero attached hydrogens (tertiary/aromatic N) is 2. The maximum Gasteiger partial charge on any atom is 0.255 e. The van der Waals surface area contributed by atoms with Crippen LogP contribution >= 0.6 is 0 Å². The lowest BCUT2D eigenvalue weighted by molar-refractivity contribution is -0.123. The lowest BCUT2D eigenvalue weighted by atomic mass is 9.85. The molecule has 6 nitrogen and oxygen atoms in total. The summed E-state index contributed by atoms with van der Waals surface area (Å²) in [6, 6.07) is 16.0. The highest BCUT2D eigenvalue weighted by atomic mass is 16.2. The van der Waals surface area contributed by atoms with Gasteiger partial charge in [-0.2, -0.15) is 0 Å². The monoisotopic (exact) mass is 409 g/mol. The number of carbonyl (C=O) groups is 3. The second-order valence-electron chi connectivity index (χ2n) is 8.39. The first kappa shape index (κ1) is 18.0. The number of carbonyl (C=O) groups excluding carboxylic acids is 3. The molecule has 2 bridgehead atoms. The molecule has 3 aromatic rings. The molecule has 1 aromatic heterocycles. The molecule has 6 heteroatoms. The number of anilines is 2. The Morgan fingerprint density at radius 1 is 0.903 bits per heavy atom. The number of para-hydroxylation sites is 1. The normalized spacial score (nSPS) is 26.0. The number of hydrogen-bond donors (Lipinski definition) is 1. The first-order chi connectivity index (χ1) is 15.1. The number of allylic oxidation sites excluding steroid dienone is 2. The predicted octanol–water partition coefficient (Wildman–Crippen LogP) is 3.80. The summed E-state index contributed by atoms with van der Waals surface area (Å²) in [5.41, 5.74) is 2.32. The molecule has 2 aromatic carbocycles. The van der Waals surface area contributed by atoms with Gasteiger partial charge in [0, 0.05) is 17.1 Å². The van der Waals surface area contributed by atoms with E-state index in [4.69, 9.17) is 0 Å². The predicted molar refractivity (Wildman–Crippen MR) is 116 cm³/mol. The number of amides is 3. The minimum atomic E-state index is -0.275. The molecule has 2 aliphatic carbocycles. The molecule has 1 saturated heterocycles. The van der Waals surface area contributed by atoms with E-state index in [-0.39, 0.29) is 41.4 Å². The molecule has 31 heavy (non-hydrogen) atoms. The highest BCUT2D eigenvalue weighted by molar-refractivity contribution is 6.23. The van der Waals surface area contributed by atoms with Gasteiger partial charge in [-0.1, -0.05) is 30.4 Å². The Balaban J connectivity index is 1.24. The highest BCUT2D eigenvalue weighted by Gasteiger charge is 2.59. The summed E-state index contributed by atoms with van der Waals surface area (Å²) in [6.45, 7) is 0. The lowest BCUT2D eigenvalue weighted by Gasteiger charge is -2.17. The average Bonchev–Trinajstić information content (AvgIpc) is 3.48. The van der Waals surface area contributed by atoms with E-state index in [0.29, 0.717) is 16.9 Å². The molecule has 1 aliphatic heterocycles. The SMILES string of the molecule is O=C(Nc1cccc2cccnc12)c1ccc(N2C(=O)C3C4C=C[C@H](C4)C3C2=O)cc1. The zero-order chi connectivity index (χ0) is 21.1. The van der Waals surface area contributed by atoms with Crippen molar-refractivity contribution >= 4 is 40.0 Å². The molecule has 152 valence electrons. The second-order valence-corrected chi connectivity index (χ2v) is 8.39. The standard InChI is InChI=1S/C25H19N3O3/c29-23(27-19-5-1-3-14-4-2-12-26-22(14)19)15-8-10-18(11-9-15)28-24(30)20-16-6-7-17(13-16)21(20)25(28)31/h1-12,16-17,20-21H,13H2,(H,27,29)/t16-,17?,20?,21?/m1/s1. The van der Waals surface area contributed by atoms with E-state index in [2.05, 4.69) is 22.5 Å². The fourth-order valence-corrected chi connectivity index (χ4v) is 5.32. The minimum Gasteiger partial charge on any atom is -0.320 e. The number of aromatic nitrogens is 1. The fraction of sp³-hybridized carbons (Fsp3) is 0.200. The Morgan fingerprint density at radius 2 is 1.58 bits per heavy atom. The van der Waals surface area contributed by atoms with E-state index in [0.717, 1.165) is 17.3 Å². The van der Waals surface area contributed by atoms with Crippen LogP contribution in [0.4, 0.5) is 11.4 Å². The Morgan fingerprint density at radius 3 is 2.29 bits per heavy atom. The van der Waals surface area contributed by atoms with Crippen molar-refractivity contribution < 1.29 is 14.4 Å². The van der Waals surface area contributed by atoms with Crippen molar-refractivity contribution in [1.29, 1.82) is 0 Å². The number of nitrogens with one attached hydrogen (secondary N) is 1. The zero-order valence-corrected chi connectivity index (χ0v) is 16.6. The van der Waals surface area contributed by atoms with E-state index >= 15 is 0 Å². The number of imide groups is 1. The van der Waals surface area contributed by atoms with Crippen LogP contribution in [-0.4, -0.2) is 22.7 Å². The number of fused-ring (bicyclic) bond motifs is 6. The van der Waals surface area contributed by atoms with Gasteiger partial charge in [-0.15, -0.1) is 0 Å². The van der Waals surface area contributed by atoms with Gasteiger partial charge >= 0.3 is 0 Å². The number of rotatable bonds is 3. The maximum atomic E-state index is 13.0. The van der Waals surface area contributed by atoms with Crippen LogP contribution in [0.5, 0.6) is 0 Å². The summed E-state index contributed by atoms with van der Waals surface area (Å²) < 4.78 is 0. The summed E-state index contributed by atoms with van der Waals surface area (Å²) in [4.78, 5) is 44.4. The van der Waals surface area contributed by atoms with Crippen LogP contribution in [-0.2, 0) is 9.59 Å². The lowest BCUT2D eigenvalue weighted by Crippen LogP contribution is -2.32. The van der Waals surface area contributed by atoms with Crippen LogP contribution in [0.15, 0.2) is 72.9 Å². The number of benzene rings is 2. The maximum absolute atomic E-state index is 13.0. The smallest absolute Gasteiger partial charge is 0.255 e. The van der Waals surface area contributed by atoms with Gasteiger partial charge in [-0.3, -0.25) is 24.3 Å². The van der Waals surface area contributed by atoms with Gasteiger partial charge in [0.05, 0.1) is 28.7 Å². The molecule has 3 aliphatic rings. The molecule has 6 rings (SSSR count). The van der Waals surface area contributed by atoms with Gasteiger partial charge in [0.25, 0.3) is 5.91 Å². The van der Waals surface area contributed by atoms with Crippen LogP contribution < -0.4 is 10.2 Å². The molecule has 3 unspecified atom stereocenters. The number of pyridine rings is 1. The van der Waals surface area contributed by atoms with Crippen molar-refractivity contribution in [2.24, 2.45) is 23.7 Å². The zero-order valence-electron chi connectivity index (χ0n) is 16.6. The van der Waals surface area contributed by atoms with Crippen LogP contribution in [0.3, 0.4) is 0 Å². The van der Waals surface area contributed by atoms with Crippen molar-refractivity contribution in [2.75, 3.05) is 10.2 Å². The molecule has 0 radical (unpaired) electrons. The van der Waals surface area contributed by atoms with Gasteiger partial charge in [-0.05, 0) is 54.7 Å². The molecule has 4 atom stereocenters. The molecular weight excluding hydrogens is 390 g/mol. The van der Waals surface area contributed by atoms with Crippen LogP contribution in [0.1, 0.15) is 16.8 Å². The summed E-state index contributed by atoms with van der Waals surface area (Å²) in [6.07, 6.45) is 6.75. The molecule has 0 spiro atoms. The largest absolute Gasteiger partial charge is 0.320 e. The van der Waals surface area contributed by atoms with E-state index in [1.807, 2.05) is 30.3 Å². The molecule has 2 heterocycles. The molecule has 2 fully saturated rings. The van der Waals surface area contributed by atoms with E-state index in [1.54, 1.807) is 30.5 Å². The summed E-state index contributed by atoms with van der Waals surface area (Å²) >= 11 is 0. The Kier molecular flexibility index (Phi) is 3.84. The topological polar surface area (TPSA) is 79.4 Å². The number of hydrogen-bond acceptors (Lipinski definition) is 4. The van der Waals surface area contributed by atoms with Crippen molar-refractivity contribution in [3.05, 3.63) is 78.5 Å². The first-order valence-electron chi connectivity index (χ1n) is 10.4. The van der Waals surface area contributed by atoms with Crippen molar-refractivity contribution in [1.82, 2.24) is 4.98 Å². The molecule has 1 saturated carbocycles. The first-order valence-corrected chi connectivity index (χ1v) is 10.4. The Bertz CT molecular complexity index is 1250. The average molecular weight is 409 g/mol. The van der Waals surface area contributed by atoms with Gasteiger partial charge in [0.1, 0.15) is 0 Å². The Hall–Kier alpha value is -3.80. The summed E-state index contributed by atoms with van der Waals surface area (Å²) in [5.74, 6) is -0.625. The van der Waals surface area contributed by atoms with Crippen LogP contribution in [0, 0.1) is 23.7 Å². The van der Waals surface area contributed by atoms with Crippen LogP contribution in [0.2, 0.25) is 0 Å². The van der Waals surface area contributed by atoms with Crippen molar-refractivity contribution in [3.8, 4) is 0 Å². The molecular formula is C25H19N3O3. The van der Waals surface area contributed by atoms with Gasteiger partial charge in [0.2, 0.25) is 11.8 Å².